The highest BCUT2D eigenvalue weighted by molar-refractivity contribution is 6.21. The van der Waals surface area contributed by atoms with Crippen LogP contribution in [0.3, 0.4) is 0 Å². The predicted molar refractivity (Wildman–Crippen MR) is 81.6 cm³/mol. The van der Waals surface area contributed by atoms with Crippen molar-refractivity contribution in [3.63, 3.8) is 0 Å². The Morgan fingerprint density at radius 3 is 2.25 bits per heavy atom. The van der Waals surface area contributed by atoms with Crippen molar-refractivity contribution in [3.05, 3.63) is 35.4 Å². The fourth-order valence-electron chi connectivity index (χ4n) is 3.42. The lowest BCUT2D eigenvalue weighted by Gasteiger charge is -2.33. The van der Waals surface area contributed by atoms with Gasteiger partial charge < -0.3 is 4.90 Å². The summed E-state index contributed by atoms with van der Waals surface area (Å²) in [4.78, 5) is 27.4. The zero-order chi connectivity index (χ0) is 17.3. The summed E-state index contributed by atoms with van der Waals surface area (Å²) < 4.78 is 38.4. The Hall–Kier alpha value is -1.89. The number of carbonyl (C=O) groups is 2. The molecule has 1 fully saturated rings. The van der Waals surface area contributed by atoms with Gasteiger partial charge >= 0.3 is 6.18 Å². The first kappa shape index (κ1) is 17.0. The second-order valence-corrected chi connectivity index (χ2v) is 6.34. The lowest BCUT2D eigenvalue weighted by molar-refractivity contribution is -0.186. The largest absolute Gasteiger partial charge is 0.393 e. The molecule has 0 radical (unpaired) electrons. The maximum Gasteiger partial charge on any atom is 0.393 e. The van der Waals surface area contributed by atoms with Gasteiger partial charge in [-0.2, -0.15) is 13.2 Å². The maximum atomic E-state index is 12.8. The van der Waals surface area contributed by atoms with Crippen molar-refractivity contribution >= 4 is 11.8 Å². The first-order chi connectivity index (χ1) is 11.4. The van der Waals surface area contributed by atoms with Gasteiger partial charge in [-0.3, -0.25) is 14.5 Å². The minimum atomic E-state index is -4.15. The topological polar surface area (TPSA) is 40.6 Å². The van der Waals surface area contributed by atoms with Gasteiger partial charge in [0.05, 0.1) is 17.0 Å². The Morgan fingerprint density at radius 2 is 1.67 bits per heavy atom. The molecule has 2 amide bonds. The summed E-state index contributed by atoms with van der Waals surface area (Å²) >= 11 is 0. The van der Waals surface area contributed by atoms with Crippen molar-refractivity contribution in [2.75, 3.05) is 26.2 Å². The lowest BCUT2D eigenvalue weighted by Crippen LogP contribution is -2.42. The van der Waals surface area contributed by atoms with Gasteiger partial charge in [-0.05, 0) is 44.5 Å². The average molecular weight is 340 g/mol. The van der Waals surface area contributed by atoms with Crippen molar-refractivity contribution in [2.45, 2.75) is 25.4 Å². The van der Waals surface area contributed by atoms with E-state index in [1.54, 1.807) is 29.2 Å². The Balaban J connectivity index is 1.53. The lowest BCUT2D eigenvalue weighted by atomic mass is 9.97. The molecule has 24 heavy (non-hydrogen) atoms. The molecule has 1 aromatic rings. The van der Waals surface area contributed by atoms with Gasteiger partial charge in [0.15, 0.2) is 0 Å². The third kappa shape index (κ3) is 3.31. The van der Waals surface area contributed by atoms with Crippen molar-refractivity contribution < 1.29 is 22.8 Å². The molecule has 2 aliphatic heterocycles. The summed E-state index contributed by atoms with van der Waals surface area (Å²) in [5, 5.41) is 0. The quantitative estimate of drug-likeness (QED) is 0.792. The van der Waals surface area contributed by atoms with Gasteiger partial charge in [0, 0.05) is 13.1 Å². The highest BCUT2D eigenvalue weighted by atomic mass is 19.4. The van der Waals surface area contributed by atoms with Crippen LogP contribution in [0.25, 0.3) is 0 Å². The fraction of sp³-hybridized carbons (Fsp3) is 0.529. The number of hydrogen-bond acceptors (Lipinski definition) is 3. The smallest absolute Gasteiger partial charge is 0.303 e. The molecular formula is C17H19F3N2O2. The number of benzene rings is 1. The third-order valence-electron chi connectivity index (χ3n) is 4.70. The molecule has 2 aliphatic rings. The molecule has 1 saturated heterocycles. The zero-order valence-corrected chi connectivity index (χ0v) is 13.2. The number of fused-ring (bicyclic) bond motifs is 1. The second-order valence-electron chi connectivity index (χ2n) is 6.34. The monoisotopic (exact) mass is 340 g/mol. The molecule has 4 nitrogen and oxygen atoms in total. The van der Waals surface area contributed by atoms with Crippen LogP contribution in [0.15, 0.2) is 24.3 Å². The molecule has 0 unspecified atom stereocenters. The highest BCUT2D eigenvalue weighted by Gasteiger charge is 2.41. The van der Waals surface area contributed by atoms with Crippen LogP contribution in [0, 0.1) is 5.92 Å². The first-order valence-corrected chi connectivity index (χ1v) is 8.12. The van der Waals surface area contributed by atoms with Crippen LogP contribution in [0.4, 0.5) is 13.2 Å². The minimum Gasteiger partial charge on any atom is -0.303 e. The number of amides is 2. The maximum absolute atomic E-state index is 12.8. The summed E-state index contributed by atoms with van der Waals surface area (Å²) in [7, 11) is 0. The Kier molecular flexibility index (Phi) is 4.62. The van der Waals surface area contributed by atoms with Crippen LogP contribution in [-0.4, -0.2) is 54.0 Å². The molecule has 0 N–H and O–H groups in total. The molecule has 0 spiro atoms. The van der Waals surface area contributed by atoms with E-state index in [1.807, 2.05) is 0 Å². The van der Waals surface area contributed by atoms with E-state index in [4.69, 9.17) is 0 Å². The normalized spacial score (nSPS) is 22.1. The summed E-state index contributed by atoms with van der Waals surface area (Å²) in [6, 6.07) is 6.65. The van der Waals surface area contributed by atoms with E-state index >= 15 is 0 Å². The van der Waals surface area contributed by atoms with Gasteiger partial charge in [-0.1, -0.05) is 12.1 Å². The zero-order valence-electron chi connectivity index (χ0n) is 13.2. The van der Waals surface area contributed by atoms with Crippen molar-refractivity contribution in [2.24, 2.45) is 5.92 Å². The van der Waals surface area contributed by atoms with Crippen molar-refractivity contribution in [1.82, 2.24) is 9.80 Å². The molecule has 7 heteroatoms. The van der Waals surface area contributed by atoms with Gasteiger partial charge in [-0.25, -0.2) is 0 Å². The molecule has 3 rings (SSSR count). The molecule has 1 aromatic carbocycles. The van der Waals surface area contributed by atoms with E-state index < -0.39 is 12.1 Å². The van der Waals surface area contributed by atoms with E-state index in [9.17, 15) is 22.8 Å². The van der Waals surface area contributed by atoms with E-state index in [1.165, 1.54) is 4.90 Å². The second kappa shape index (κ2) is 6.55. The van der Waals surface area contributed by atoms with Crippen LogP contribution in [0.5, 0.6) is 0 Å². The number of likely N-dealkylation sites (tertiary alicyclic amines) is 1. The van der Waals surface area contributed by atoms with E-state index in [0.29, 0.717) is 37.1 Å². The van der Waals surface area contributed by atoms with Gasteiger partial charge in [0.1, 0.15) is 0 Å². The summed E-state index contributed by atoms with van der Waals surface area (Å²) in [5.41, 5.74) is 0.801. The Labute approximate surface area is 138 Å². The standard InChI is InChI=1S/C17H19F3N2O2/c18-17(19,20)12-5-3-8-21(11-12)9-4-10-22-15(23)13-6-1-2-7-14(13)16(22)24/h1-2,6-7,12H,3-5,8-11H2/t12-/m1/s1. The first-order valence-electron chi connectivity index (χ1n) is 8.12. The van der Waals surface area contributed by atoms with Gasteiger partial charge in [0.2, 0.25) is 0 Å². The Bertz CT molecular complexity index is 610. The van der Waals surface area contributed by atoms with Crippen molar-refractivity contribution in [3.8, 4) is 0 Å². The van der Waals surface area contributed by atoms with E-state index in [-0.39, 0.29) is 31.3 Å². The number of halogens is 3. The summed E-state index contributed by atoms with van der Waals surface area (Å²) in [5.74, 6) is -1.91. The number of alkyl halides is 3. The van der Waals surface area contributed by atoms with Crippen molar-refractivity contribution in [1.29, 1.82) is 0 Å². The van der Waals surface area contributed by atoms with E-state index in [0.717, 1.165) is 0 Å². The van der Waals surface area contributed by atoms with Gasteiger partial charge in [-0.15, -0.1) is 0 Å². The number of hydrogen-bond donors (Lipinski definition) is 0. The molecule has 2 heterocycles. The number of rotatable bonds is 4. The van der Waals surface area contributed by atoms with Crippen LogP contribution in [0.2, 0.25) is 0 Å². The number of nitrogens with zero attached hydrogens (tertiary/aromatic N) is 2. The van der Waals surface area contributed by atoms with Crippen LogP contribution in [0.1, 0.15) is 40.0 Å². The molecule has 0 aromatic heterocycles. The fourth-order valence-corrected chi connectivity index (χ4v) is 3.42. The van der Waals surface area contributed by atoms with Crippen LogP contribution in [-0.2, 0) is 0 Å². The highest BCUT2D eigenvalue weighted by Crippen LogP contribution is 2.33. The number of piperidine rings is 1. The average Bonchev–Trinajstić information content (AvgIpc) is 2.80. The van der Waals surface area contributed by atoms with E-state index in [2.05, 4.69) is 0 Å². The number of imide groups is 1. The summed E-state index contributed by atoms with van der Waals surface area (Å²) in [6.07, 6.45) is -2.97. The minimum absolute atomic E-state index is 0.00557. The molecule has 0 saturated carbocycles. The summed E-state index contributed by atoms with van der Waals surface area (Å²) in [6.45, 7) is 1.33. The predicted octanol–water partition coefficient (Wildman–Crippen LogP) is 2.95. The van der Waals surface area contributed by atoms with Crippen LogP contribution >= 0.6 is 0 Å². The molecule has 1 atom stereocenters. The molecule has 0 aliphatic carbocycles. The third-order valence-corrected chi connectivity index (χ3v) is 4.70. The molecule has 130 valence electrons. The van der Waals surface area contributed by atoms with Crippen LogP contribution < -0.4 is 0 Å². The SMILES string of the molecule is O=C1c2ccccc2C(=O)N1CCCN1CCC[C@@H](C(F)(F)F)C1. The molecular weight excluding hydrogens is 321 g/mol. The Morgan fingerprint density at radius 1 is 1.04 bits per heavy atom. The molecule has 0 bridgehead atoms. The number of carbonyl (C=O) groups excluding carboxylic acids is 2. The van der Waals surface area contributed by atoms with Gasteiger partial charge in [0.25, 0.3) is 11.8 Å².